The molecule has 0 aliphatic heterocycles. The Morgan fingerprint density at radius 2 is 1.95 bits per heavy atom. The van der Waals surface area contributed by atoms with E-state index in [1.54, 1.807) is 20.8 Å². The average molecular weight is 275 g/mol. The van der Waals surface area contributed by atoms with Crippen molar-refractivity contribution in [3.63, 3.8) is 0 Å². The first-order chi connectivity index (χ1) is 8.54. The van der Waals surface area contributed by atoms with E-state index in [1.165, 1.54) is 0 Å². The molecule has 1 heterocycles. The molecular formula is C12H16F3N3O. The van der Waals surface area contributed by atoms with Crippen LogP contribution in [0.2, 0.25) is 0 Å². The van der Waals surface area contributed by atoms with Gasteiger partial charge in [0, 0.05) is 17.8 Å². The standard InChI is InChI=1S/C12H16F3N3O/c1-7(16)11(2,3)18-10(19)9-5-4-8(6-17-9)12(13,14)15/h4-7H,16H2,1-3H3,(H,18,19). The van der Waals surface area contributed by atoms with E-state index in [9.17, 15) is 18.0 Å². The number of halogens is 3. The van der Waals surface area contributed by atoms with Crippen LogP contribution in [-0.2, 0) is 6.18 Å². The number of alkyl halides is 3. The number of hydrogen-bond acceptors (Lipinski definition) is 3. The highest BCUT2D eigenvalue weighted by molar-refractivity contribution is 5.92. The molecule has 1 aromatic heterocycles. The van der Waals surface area contributed by atoms with Crippen molar-refractivity contribution in [3.05, 3.63) is 29.6 Å². The Labute approximate surface area is 109 Å². The summed E-state index contributed by atoms with van der Waals surface area (Å²) in [5.74, 6) is -0.559. The highest BCUT2D eigenvalue weighted by Gasteiger charge is 2.31. The molecule has 106 valence electrons. The summed E-state index contributed by atoms with van der Waals surface area (Å²) in [6.45, 7) is 5.17. The number of nitrogens with two attached hydrogens (primary N) is 1. The number of hydrogen-bond donors (Lipinski definition) is 2. The molecule has 4 nitrogen and oxygen atoms in total. The molecule has 0 saturated heterocycles. The second-order valence-corrected chi connectivity index (χ2v) is 4.89. The molecule has 0 aliphatic rings. The number of nitrogens with one attached hydrogen (secondary N) is 1. The summed E-state index contributed by atoms with van der Waals surface area (Å²) in [5.41, 5.74) is 4.04. The van der Waals surface area contributed by atoms with Gasteiger partial charge >= 0.3 is 6.18 Å². The first-order valence-electron chi connectivity index (χ1n) is 5.65. The number of rotatable bonds is 3. The van der Waals surface area contributed by atoms with Crippen molar-refractivity contribution in [2.75, 3.05) is 0 Å². The van der Waals surface area contributed by atoms with Crippen LogP contribution in [0.5, 0.6) is 0 Å². The summed E-state index contributed by atoms with van der Waals surface area (Å²) in [6.07, 6.45) is -3.83. The quantitative estimate of drug-likeness (QED) is 0.886. The Bertz CT molecular complexity index is 452. The Morgan fingerprint density at radius 1 is 1.37 bits per heavy atom. The Hall–Kier alpha value is -1.63. The molecule has 0 aliphatic carbocycles. The van der Waals surface area contributed by atoms with E-state index in [0.29, 0.717) is 6.20 Å². The van der Waals surface area contributed by atoms with Crippen molar-refractivity contribution in [1.82, 2.24) is 10.3 Å². The van der Waals surface area contributed by atoms with Gasteiger partial charge in [-0.15, -0.1) is 0 Å². The van der Waals surface area contributed by atoms with Crippen molar-refractivity contribution >= 4 is 5.91 Å². The summed E-state index contributed by atoms with van der Waals surface area (Å²) in [7, 11) is 0. The third-order valence-electron chi connectivity index (χ3n) is 2.90. The van der Waals surface area contributed by atoms with Gasteiger partial charge < -0.3 is 11.1 Å². The van der Waals surface area contributed by atoms with Gasteiger partial charge in [-0.05, 0) is 32.9 Å². The fourth-order valence-corrected chi connectivity index (χ4v) is 1.17. The first-order valence-corrected chi connectivity index (χ1v) is 5.65. The van der Waals surface area contributed by atoms with Crippen molar-refractivity contribution in [2.24, 2.45) is 5.73 Å². The van der Waals surface area contributed by atoms with Gasteiger partial charge in [0.25, 0.3) is 5.91 Å². The highest BCUT2D eigenvalue weighted by atomic mass is 19.4. The van der Waals surface area contributed by atoms with E-state index in [-0.39, 0.29) is 11.7 Å². The molecule has 3 N–H and O–H groups in total. The van der Waals surface area contributed by atoms with Crippen molar-refractivity contribution in [2.45, 2.75) is 38.5 Å². The molecule has 1 atom stereocenters. The summed E-state index contributed by atoms with van der Waals surface area (Å²) in [4.78, 5) is 15.3. The van der Waals surface area contributed by atoms with Gasteiger partial charge in [-0.1, -0.05) is 0 Å². The number of aromatic nitrogens is 1. The molecule has 1 aromatic rings. The second kappa shape index (κ2) is 5.16. The van der Waals surface area contributed by atoms with Crippen LogP contribution in [0, 0.1) is 0 Å². The number of carbonyl (C=O) groups excluding carboxylic acids is 1. The van der Waals surface area contributed by atoms with Gasteiger partial charge in [-0.2, -0.15) is 13.2 Å². The van der Waals surface area contributed by atoms with Crippen molar-refractivity contribution in [1.29, 1.82) is 0 Å². The largest absolute Gasteiger partial charge is 0.417 e. The van der Waals surface area contributed by atoms with Crippen LogP contribution in [0.25, 0.3) is 0 Å². The Kier molecular flexibility index (Phi) is 4.19. The molecule has 0 spiro atoms. The topological polar surface area (TPSA) is 68.0 Å². The molecule has 19 heavy (non-hydrogen) atoms. The average Bonchev–Trinajstić information content (AvgIpc) is 2.27. The van der Waals surface area contributed by atoms with E-state index < -0.39 is 23.2 Å². The Balaban J connectivity index is 2.85. The SMILES string of the molecule is CC(N)C(C)(C)NC(=O)c1ccc(C(F)(F)F)cn1. The molecule has 0 bridgehead atoms. The van der Waals surface area contributed by atoms with E-state index >= 15 is 0 Å². The summed E-state index contributed by atoms with van der Waals surface area (Å²) in [5, 5.41) is 2.62. The molecule has 1 amide bonds. The molecule has 1 rings (SSSR count). The van der Waals surface area contributed by atoms with E-state index in [0.717, 1.165) is 12.1 Å². The van der Waals surface area contributed by atoms with Crippen LogP contribution >= 0.6 is 0 Å². The molecule has 0 fully saturated rings. The lowest BCUT2D eigenvalue weighted by Gasteiger charge is -2.30. The highest BCUT2D eigenvalue weighted by Crippen LogP contribution is 2.28. The molecule has 1 unspecified atom stereocenters. The molecule has 7 heteroatoms. The van der Waals surface area contributed by atoms with Crippen LogP contribution in [0.3, 0.4) is 0 Å². The maximum absolute atomic E-state index is 12.3. The summed E-state index contributed by atoms with van der Waals surface area (Å²) < 4.78 is 37.0. The fraction of sp³-hybridized carbons (Fsp3) is 0.500. The second-order valence-electron chi connectivity index (χ2n) is 4.89. The maximum Gasteiger partial charge on any atom is 0.417 e. The van der Waals surface area contributed by atoms with Crippen LogP contribution in [0.4, 0.5) is 13.2 Å². The van der Waals surface area contributed by atoms with Gasteiger partial charge in [0.1, 0.15) is 5.69 Å². The van der Waals surface area contributed by atoms with Gasteiger partial charge in [0.15, 0.2) is 0 Å². The molecular weight excluding hydrogens is 259 g/mol. The minimum Gasteiger partial charge on any atom is -0.344 e. The van der Waals surface area contributed by atoms with Crippen molar-refractivity contribution in [3.8, 4) is 0 Å². The normalized spacial score (nSPS) is 14.1. The smallest absolute Gasteiger partial charge is 0.344 e. The maximum atomic E-state index is 12.3. The van der Waals surface area contributed by atoms with Gasteiger partial charge in [0.05, 0.1) is 5.56 Å². The number of nitrogens with zero attached hydrogens (tertiary/aromatic N) is 1. The van der Waals surface area contributed by atoms with Crippen LogP contribution in [0.1, 0.15) is 36.8 Å². The fourth-order valence-electron chi connectivity index (χ4n) is 1.17. The van der Waals surface area contributed by atoms with Gasteiger partial charge in [-0.25, -0.2) is 0 Å². The van der Waals surface area contributed by atoms with Crippen LogP contribution in [-0.4, -0.2) is 22.5 Å². The third kappa shape index (κ3) is 3.92. The van der Waals surface area contributed by atoms with Crippen LogP contribution in [0.15, 0.2) is 18.3 Å². The third-order valence-corrected chi connectivity index (χ3v) is 2.90. The summed E-state index contributed by atoms with van der Waals surface area (Å²) >= 11 is 0. The summed E-state index contributed by atoms with van der Waals surface area (Å²) in [6, 6.07) is 1.54. The lowest BCUT2D eigenvalue weighted by Crippen LogP contribution is -2.54. The molecule has 0 saturated carbocycles. The lowest BCUT2D eigenvalue weighted by molar-refractivity contribution is -0.137. The molecule has 0 aromatic carbocycles. The zero-order valence-electron chi connectivity index (χ0n) is 10.9. The minimum absolute atomic E-state index is 0.0817. The zero-order valence-corrected chi connectivity index (χ0v) is 10.9. The number of carbonyl (C=O) groups is 1. The lowest BCUT2D eigenvalue weighted by atomic mass is 9.96. The van der Waals surface area contributed by atoms with Crippen molar-refractivity contribution < 1.29 is 18.0 Å². The first kappa shape index (κ1) is 15.4. The predicted octanol–water partition coefficient (Wildman–Crippen LogP) is 1.96. The van der Waals surface area contributed by atoms with E-state index in [4.69, 9.17) is 5.73 Å². The number of amides is 1. The Morgan fingerprint density at radius 3 is 2.32 bits per heavy atom. The number of pyridine rings is 1. The van der Waals surface area contributed by atoms with E-state index in [1.807, 2.05) is 0 Å². The predicted molar refractivity (Wildman–Crippen MR) is 64.4 cm³/mol. The van der Waals surface area contributed by atoms with Gasteiger partial charge in [0.2, 0.25) is 0 Å². The monoisotopic (exact) mass is 275 g/mol. The van der Waals surface area contributed by atoms with E-state index in [2.05, 4.69) is 10.3 Å². The zero-order chi connectivity index (χ0) is 14.8. The van der Waals surface area contributed by atoms with Crippen LogP contribution < -0.4 is 11.1 Å². The van der Waals surface area contributed by atoms with Gasteiger partial charge in [-0.3, -0.25) is 9.78 Å². The molecule has 0 radical (unpaired) electrons. The minimum atomic E-state index is -4.47.